The smallest absolute Gasteiger partial charge is 0.376 e. The summed E-state index contributed by atoms with van der Waals surface area (Å²) < 4.78 is 11.4. The van der Waals surface area contributed by atoms with E-state index < -0.39 is 35.7 Å². The number of carbonyl (C=O) groups excluding carboxylic acids is 3. The highest BCUT2D eigenvalue weighted by Gasteiger charge is 2.60. The van der Waals surface area contributed by atoms with Crippen molar-refractivity contribution >= 4 is 35.1 Å². The molecule has 0 radical (unpaired) electrons. The van der Waals surface area contributed by atoms with E-state index in [0.29, 0.717) is 16.1 Å². The summed E-state index contributed by atoms with van der Waals surface area (Å²) in [5, 5.41) is 12.3. The van der Waals surface area contributed by atoms with Gasteiger partial charge in [-0.15, -0.1) is 0 Å². The second kappa shape index (κ2) is 11.1. The highest BCUT2D eigenvalue weighted by Crippen LogP contribution is 2.37. The third-order valence-corrected chi connectivity index (χ3v) is 6.01. The van der Waals surface area contributed by atoms with Gasteiger partial charge in [-0.2, -0.15) is 10.3 Å². The van der Waals surface area contributed by atoms with Gasteiger partial charge in [0.25, 0.3) is 5.91 Å². The second-order valence-corrected chi connectivity index (χ2v) is 8.64. The van der Waals surface area contributed by atoms with Gasteiger partial charge in [0.1, 0.15) is 12.6 Å². The van der Waals surface area contributed by atoms with Crippen LogP contribution in [0.15, 0.2) is 72.8 Å². The monoisotopic (exact) mass is 505 g/mol. The average Bonchev–Trinajstić information content (AvgIpc) is 3.46. The molecule has 10 heteroatoms. The highest BCUT2D eigenvalue weighted by atomic mass is 32.1. The number of nitriles is 1. The van der Waals surface area contributed by atoms with Crippen LogP contribution in [0.25, 0.3) is 0 Å². The molecule has 2 atom stereocenters. The van der Waals surface area contributed by atoms with Crippen molar-refractivity contribution in [2.45, 2.75) is 37.1 Å². The van der Waals surface area contributed by atoms with Crippen molar-refractivity contribution in [3.8, 4) is 6.07 Å². The van der Waals surface area contributed by atoms with Gasteiger partial charge < -0.3 is 14.8 Å². The number of benzene rings is 2. The van der Waals surface area contributed by atoms with Gasteiger partial charge in [0.05, 0.1) is 17.5 Å². The number of hydrogen-bond acceptors (Lipinski definition) is 8. The summed E-state index contributed by atoms with van der Waals surface area (Å²) >= 11 is 5.22. The fourth-order valence-electron chi connectivity index (χ4n) is 4.00. The summed E-state index contributed by atoms with van der Waals surface area (Å²) in [5.74, 6) is -2.18. The van der Waals surface area contributed by atoms with E-state index in [9.17, 15) is 14.4 Å². The van der Waals surface area contributed by atoms with Gasteiger partial charge in [-0.1, -0.05) is 79.0 Å². The quantitative estimate of drug-likeness (QED) is 0.328. The highest BCUT2D eigenvalue weighted by molar-refractivity contribution is 7.80. The Hall–Kier alpha value is -4.07. The molecule has 2 heterocycles. The van der Waals surface area contributed by atoms with Crippen molar-refractivity contribution in [1.82, 2.24) is 10.4 Å². The number of nitrogens with one attached hydrogen (secondary N) is 1. The van der Waals surface area contributed by atoms with Crippen LogP contribution in [0.3, 0.4) is 0 Å². The summed E-state index contributed by atoms with van der Waals surface area (Å²) in [4.78, 5) is 44.9. The predicted octanol–water partition coefficient (Wildman–Crippen LogP) is 2.88. The Kier molecular flexibility index (Phi) is 7.73. The molecule has 0 aromatic heterocycles. The van der Waals surface area contributed by atoms with E-state index in [2.05, 4.69) is 5.32 Å². The van der Waals surface area contributed by atoms with Crippen LogP contribution >= 0.6 is 12.2 Å². The topological polar surface area (TPSA) is 118 Å². The fraction of sp³-hybridized carbons (Fsp3) is 0.269. The lowest BCUT2D eigenvalue weighted by Crippen LogP contribution is -2.57. The Morgan fingerprint density at radius 3 is 2.39 bits per heavy atom. The Labute approximate surface area is 213 Å². The zero-order valence-electron chi connectivity index (χ0n) is 19.2. The number of ether oxygens (including phenoxy) is 2. The van der Waals surface area contributed by atoms with Crippen molar-refractivity contribution in [2.75, 3.05) is 6.61 Å². The molecule has 1 N–H and O–H groups in total. The van der Waals surface area contributed by atoms with Gasteiger partial charge in [0, 0.05) is 18.9 Å². The van der Waals surface area contributed by atoms with Crippen LogP contribution in [0, 0.1) is 11.3 Å². The van der Waals surface area contributed by atoms with Crippen molar-refractivity contribution in [3.05, 3.63) is 83.9 Å². The first-order chi connectivity index (χ1) is 17.4. The van der Waals surface area contributed by atoms with Gasteiger partial charge in [-0.3, -0.25) is 14.4 Å². The molecule has 1 amide bonds. The predicted molar refractivity (Wildman–Crippen MR) is 131 cm³/mol. The summed E-state index contributed by atoms with van der Waals surface area (Å²) in [6, 6.07) is 19.2. The summed E-state index contributed by atoms with van der Waals surface area (Å²) in [7, 11) is 0. The third-order valence-electron chi connectivity index (χ3n) is 5.73. The van der Waals surface area contributed by atoms with Crippen molar-refractivity contribution in [3.63, 3.8) is 0 Å². The lowest BCUT2D eigenvalue weighted by Gasteiger charge is -2.34. The van der Waals surface area contributed by atoms with Crippen molar-refractivity contribution in [1.29, 1.82) is 5.26 Å². The molecule has 9 nitrogen and oxygen atoms in total. The molecule has 0 saturated carbocycles. The first-order valence-corrected chi connectivity index (χ1v) is 11.7. The summed E-state index contributed by atoms with van der Waals surface area (Å²) in [6.07, 6.45) is 2.09. The third kappa shape index (κ3) is 5.27. The van der Waals surface area contributed by atoms with E-state index in [4.69, 9.17) is 31.8 Å². The standard InChI is InChI=1S/C26H23N3O6S/c27-16-8-7-13-21(36)28-20-17-33-29(24(20)31)26(15-14-22(30)35-26)25(32)34-23(18-9-3-1-4-10-18)19-11-5-2-6-12-19/h1-12,20,23H,13-15,17H2,(H,28,36)/t20-,26?/m0/s1. The maximum absolute atomic E-state index is 13.6. The summed E-state index contributed by atoms with van der Waals surface area (Å²) in [6.45, 7) is -0.131. The van der Waals surface area contributed by atoms with Gasteiger partial charge in [-0.05, 0) is 11.1 Å². The van der Waals surface area contributed by atoms with Crippen LogP contribution in [-0.2, 0) is 28.7 Å². The van der Waals surface area contributed by atoms with Crippen LogP contribution in [0.1, 0.15) is 36.5 Å². The van der Waals surface area contributed by atoms with E-state index in [1.54, 1.807) is 6.08 Å². The number of rotatable bonds is 8. The largest absolute Gasteiger partial charge is 0.448 e. The number of amides is 1. The van der Waals surface area contributed by atoms with E-state index in [1.807, 2.05) is 66.7 Å². The number of carbonyl (C=O) groups is 3. The number of hydrogen-bond donors (Lipinski definition) is 1. The molecule has 36 heavy (non-hydrogen) atoms. The van der Waals surface area contributed by atoms with Gasteiger partial charge in [-0.25, -0.2) is 4.79 Å². The van der Waals surface area contributed by atoms with E-state index in [-0.39, 0.29) is 25.9 Å². The minimum absolute atomic E-state index is 0.0843. The van der Waals surface area contributed by atoms with Crippen LogP contribution in [0.4, 0.5) is 0 Å². The molecule has 0 bridgehead atoms. The molecular formula is C26H23N3O6S. The summed E-state index contributed by atoms with van der Waals surface area (Å²) in [5.41, 5.74) is -0.643. The molecule has 4 rings (SSSR count). The molecule has 2 aromatic carbocycles. The van der Waals surface area contributed by atoms with Crippen LogP contribution < -0.4 is 5.32 Å². The van der Waals surface area contributed by atoms with E-state index in [1.165, 1.54) is 6.08 Å². The minimum Gasteiger partial charge on any atom is -0.448 e. The molecular weight excluding hydrogens is 482 g/mol. The number of nitrogens with zero attached hydrogens (tertiary/aromatic N) is 2. The fourth-order valence-corrected chi connectivity index (χ4v) is 4.24. The maximum atomic E-state index is 13.6. The molecule has 1 unspecified atom stereocenters. The molecule has 2 aliphatic heterocycles. The molecule has 0 spiro atoms. The number of allylic oxidation sites excluding steroid dienone is 1. The average molecular weight is 506 g/mol. The lowest BCUT2D eigenvalue weighted by molar-refractivity contribution is -0.260. The lowest BCUT2D eigenvalue weighted by atomic mass is 10.0. The normalized spacial score (nSPS) is 21.4. The van der Waals surface area contributed by atoms with Crippen LogP contribution in [0.2, 0.25) is 0 Å². The zero-order chi connectivity index (χ0) is 25.5. The molecule has 0 aliphatic carbocycles. The number of cyclic esters (lactones) is 1. The Balaban J connectivity index is 1.57. The molecule has 2 fully saturated rings. The van der Waals surface area contributed by atoms with E-state index >= 15 is 0 Å². The molecule has 2 aliphatic rings. The van der Waals surface area contributed by atoms with Gasteiger partial charge in [0.15, 0.2) is 6.10 Å². The number of thiocarbonyl (C=S) groups is 1. The van der Waals surface area contributed by atoms with Crippen molar-refractivity contribution in [2.24, 2.45) is 0 Å². The number of esters is 2. The van der Waals surface area contributed by atoms with Gasteiger partial charge in [0.2, 0.25) is 0 Å². The minimum atomic E-state index is -2.06. The Morgan fingerprint density at radius 2 is 1.83 bits per heavy atom. The van der Waals surface area contributed by atoms with E-state index in [0.717, 1.165) is 5.06 Å². The second-order valence-electron chi connectivity index (χ2n) is 8.15. The molecule has 2 aromatic rings. The Morgan fingerprint density at radius 1 is 1.19 bits per heavy atom. The first kappa shape index (κ1) is 25.0. The zero-order valence-corrected chi connectivity index (χ0v) is 20.0. The Bertz CT molecular complexity index is 1170. The van der Waals surface area contributed by atoms with Crippen LogP contribution in [0.5, 0.6) is 0 Å². The van der Waals surface area contributed by atoms with Crippen LogP contribution in [-0.4, -0.2) is 46.3 Å². The SMILES string of the molecule is N#CC=CCC(=S)N[C@H]1CON(C2(C(=O)OC(c3ccccc3)c3ccccc3)CCC(=O)O2)C1=O. The maximum Gasteiger partial charge on any atom is 0.376 e. The van der Waals surface area contributed by atoms with Gasteiger partial charge >= 0.3 is 17.7 Å². The first-order valence-electron chi connectivity index (χ1n) is 11.3. The molecule has 2 saturated heterocycles. The van der Waals surface area contributed by atoms with Crippen molar-refractivity contribution < 1.29 is 28.7 Å². The number of hydroxylamine groups is 2. The molecule has 184 valence electrons.